The SMILES string of the molecule is CCOc1ccc(-c2nc3cc(C)ccn3c2NC(C)(C)C)cc1. The maximum absolute atomic E-state index is 5.54. The van der Waals surface area contributed by atoms with Gasteiger partial charge < -0.3 is 10.1 Å². The van der Waals surface area contributed by atoms with Crippen molar-refractivity contribution in [1.29, 1.82) is 0 Å². The third kappa shape index (κ3) is 3.37. The number of aryl methyl sites for hydroxylation is 1. The fraction of sp³-hybridized carbons (Fsp3) is 0.350. The Morgan fingerprint density at radius 2 is 1.83 bits per heavy atom. The number of hydrogen-bond acceptors (Lipinski definition) is 3. The number of ether oxygens (including phenoxy) is 1. The molecule has 2 heterocycles. The largest absolute Gasteiger partial charge is 0.494 e. The van der Waals surface area contributed by atoms with Crippen molar-refractivity contribution >= 4 is 11.5 Å². The van der Waals surface area contributed by atoms with E-state index in [4.69, 9.17) is 9.72 Å². The highest BCUT2D eigenvalue weighted by Gasteiger charge is 2.19. The second kappa shape index (κ2) is 6.19. The Kier molecular flexibility index (Phi) is 4.22. The van der Waals surface area contributed by atoms with E-state index < -0.39 is 0 Å². The van der Waals surface area contributed by atoms with Crippen molar-refractivity contribution in [2.75, 3.05) is 11.9 Å². The standard InChI is InChI=1S/C20H25N3O/c1-6-24-16-9-7-15(8-10-16)18-19(22-20(3,4)5)23-12-11-14(2)13-17(23)21-18/h7-13,22H,6H2,1-5H3. The molecule has 0 radical (unpaired) electrons. The van der Waals surface area contributed by atoms with Gasteiger partial charge in [-0.1, -0.05) is 0 Å². The molecule has 0 saturated carbocycles. The van der Waals surface area contributed by atoms with Gasteiger partial charge in [0.25, 0.3) is 0 Å². The minimum atomic E-state index is -0.0547. The van der Waals surface area contributed by atoms with Gasteiger partial charge in [0.1, 0.15) is 22.9 Å². The lowest BCUT2D eigenvalue weighted by atomic mass is 10.1. The molecule has 0 amide bonds. The van der Waals surface area contributed by atoms with Gasteiger partial charge >= 0.3 is 0 Å². The molecule has 0 spiro atoms. The maximum atomic E-state index is 5.54. The Balaban J connectivity index is 2.13. The lowest BCUT2D eigenvalue weighted by Crippen LogP contribution is -2.27. The molecule has 0 bridgehead atoms. The molecule has 0 aliphatic heterocycles. The fourth-order valence-corrected chi connectivity index (χ4v) is 2.70. The summed E-state index contributed by atoms with van der Waals surface area (Å²) in [7, 11) is 0. The van der Waals surface area contributed by atoms with E-state index >= 15 is 0 Å². The van der Waals surface area contributed by atoms with Crippen LogP contribution in [0.4, 0.5) is 5.82 Å². The summed E-state index contributed by atoms with van der Waals surface area (Å²) < 4.78 is 7.66. The molecular weight excluding hydrogens is 298 g/mol. The molecule has 0 aliphatic rings. The highest BCUT2D eigenvalue weighted by atomic mass is 16.5. The molecule has 126 valence electrons. The van der Waals surface area contributed by atoms with Crippen LogP contribution in [0.3, 0.4) is 0 Å². The van der Waals surface area contributed by atoms with Gasteiger partial charge in [0, 0.05) is 17.3 Å². The molecule has 3 aromatic rings. The zero-order chi connectivity index (χ0) is 17.3. The highest BCUT2D eigenvalue weighted by molar-refractivity contribution is 5.77. The fourth-order valence-electron chi connectivity index (χ4n) is 2.70. The molecule has 0 aliphatic carbocycles. The van der Waals surface area contributed by atoms with E-state index in [2.05, 4.69) is 67.9 Å². The molecule has 3 rings (SSSR count). The first-order valence-electron chi connectivity index (χ1n) is 8.37. The first-order valence-corrected chi connectivity index (χ1v) is 8.37. The highest BCUT2D eigenvalue weighted by Crippen LogP contribution is 2.32. The Hall–Kier alpha value is -2.49. The molecule has 24 heavy (non-hydrogen) atoms. The second-order valence-electron chi connectivity index (χ2n) is 7.07. The van der Waals surface area contributed by atoms with Gasteiger partial charge in [0.15, 0.2) is 0 Å². The second-order valence-corrected chi connectivity index (χ2v) is 7.07. The average molecular weight is 323 g/mol. The molecule has 1 N–H and O–H groups in total. The molecule has 0 atom stereocenters. The van der Waals surface area contributed by atoms with E-state index in [0.29, 0.717) is 6.61 Å². The van der Waals surface area contributed by atoms with Crippen LogP contribution in [-0.4, -0.2) is 21.5 Å². The van der Waals surface area contributed by atoms with Crippen molar-refractivity contribution in [3.8, 4) is 17.0 Å². The number of fused-ring (bicyclic) bond motifs is 1. The summed E-state index contributed by atoms with van der Waals surface area (Å²) in [6.45, 7) is 11.2. The minimum absolute atomic E-state index is 0.0547. The Labute approximate surface area is 143 Å². The number of imidazole rings is 1. The number of aromatic nitrogens is 2. The zero-order valence-corrected chi connectivity index (χ0v) is 15.1. The van der Waals surface area contributed by atoms with Gasteiger partial charge in [0.05, 0.1) is 6.61 Å². The van der Waals surface area contributed by atoms with Gasteiger partial charge in [-0.2, -0.15) is 0 Å². The summed E-state index contributed by atoms with van der Waals surface area (Å²) in [6.07, 6.45) is 2.07. The third-order valence-electron chi connectivity index (χ3n) is 3.71. The molecule has 0 fully saturated rings. The summed E-state index contributed by atoms with van der Waals surface area (Å²) in [5.41, 5.74) is 4.13. The maximum Gasteiger partial charge on any atom is 0.139 e. The van der Waals surface area contributed by atoms with Crippen molar-refractivity contribution in [2.45, 2.75) is 40.2 Å². The monoisotopic (exact) mass is 323 g/mol. The van der Waals surface area contributed by atoms with E-state index in [1.54, 1.807) is 0 Å². The quantitative estimate of drug-likeness (QED) is 0.740. The lowest BCUT2D eigenvalue weighted by Gasteiger charge is -2.22. The Morgan fingerprint density at radius 3 is 2.46 bits per heavy atom. The first-order chi connectivity index (χ1) is 11.4. The molecule has 1 aromatic carbocycles. The predicted molar refractivity (Wildman–Crippen MR) is 99.9 cm³/mol. The molecule has 4 heteroatoms. The normalized spacial score (nSPS) is 11.7. The molecule has 2 aromatic heterocycles. The van der Waals surface area contributed by atoms with Crippen molar-refractivity contribution in [3.63, 3.8) is 0 Å². The molecular formula is C20H25N3O. The molecule has 0 unspecified atom stereocenters. The van der Waals surface area contributed by atoms with Gasteiger partial charge in [-0.25, -0.2) is 4.98 Å². The summed E-state index contributed by atoms with van der Waals surface area (Å²) in [5, 5.41) is 3.60. The Morgan fingerprint density at radius 1 is 1.12 bits per heavy atom. The van der Waals surface area contributed by atoms with E-state index in [9.17, 15) is 0 Å². The number of anilines is 1. The van der Waals surface area contributed by atoms with Gasteiger partial charge in [-0.05, 0) is 76.6 Å². The molecule has 0 saturated heterocycles. The van der Waals surface area contributed by atoms with Crippen LogP contribution in [0.15, 0.2) is 42.6 Å². The third-order valence-corrected chi connectivity index (χ3v) is 3.71. The van der Waals surface area contributed by atoms with Crippen LogP contribution in [0.5, 0.6) is 5.75 Å². The van der Waals surface area contributed by atoms with E-state index in [-0.39, 0.29) is 5.54 Å². The number of pyridine rings is 1. The smallest absolute Gasteiger partial charge is 0.139 e. The number of hydrogen-bond donors (Lipinski definition) is 1. The van der Waals surface area contributed by atoms with Crippen LogP contribution < -0.4 is 10.1 Å². The van der Waals surface area contributed by atoms with Crippen LogP contribution in [-0.2, 0) is 0 Å². The number of rotatable bonds is 4. The molecule has 4 nitrogen and oxygen atoms in total. The lowest BCUT2D eigenvalue weighted by molar-refractivity contribution is 0.340. The van der Waals surface area contributed by atoms with Gasteiger partial charge in [-0.3, -0.25) is 4.40 Å². The van der Waals surface area contributed by atoms with Crippen LogP contribution in [0, 0.1) is 6.92 Å². The van der Waals surface area contributed by atoms with Crippen molar-refractivity contribution < 1.29 is 4.74 Å². The predicted octanol–water partition coefficient (Wildman–Crippen LogP) is 4.92. The van der Waals surface area contributed by atoms with Crippen molar-refractivity contribution in [1.82, 2.24) is 9.38 Å². The van der Waals surface area contributed by atoms with Crippen LogP contribution in [0.1, 0.15) is 33.3 Å². The number of nitrogens with one attached hydrogen (secondary N) is 1. The van der Waals surface area contributed by atoms with Crippen LogP contribution >= 0.6 is 0 Å². The van der Waals surface area contributed by atoms with Crippen LogP contribution in [0.2, 0.25) is 0 Å². The van der Waals surface area contributed by atoms with E-state index in [1.165, 1.54) is 5.56 Å². The Bertz CT molecular complexity index is 842. The van der Waals surface area contributed by atoms with E-state index in [0.717, 1.165) is 28.5 Å². The van der Waals surface area contributed by atoms with Crippen molar-refractivity contribution in [3.05, 3.63) is 48.2 Å². The van der Waals surface area contributed by atoms with Crippen LogP contribution in [0.25, 0.3) is 16.9 Å². The summed E-state index contributed by atoms with van der Waals surface area (Å²) in [5.74, 6) is 1.90. The zero-order valence-electron chi connectivity index (χ0n) is 15.1. The summed E-state index contributed by atoms with van der Waals surface area (Å²) in [6, 6.07) is 12.3. The topological polar surface area (TPSA) is 38.6 Å². The number of benzene rings is 1. The average Bonchev–Trinajstić information content (AvgIpc) is 2.84. The summed E-state index contributed by atoms with van der Waals surface area (Å²) >= 11 is 0. The van der Waals surface area contributed by atoms with Gasteiger partial charge in [-0.15, -0.1) is 0 Å². The van der Waals surface area contributed by atoms with E-state index in [1.807, 2.05) is 19.1 Å². The van der Waals surface area contributed by atoms with Crippen molar-refractivity contribution in [2.24, 2.45) is 0 Å². The number of nitrogens with zero attached hydrogens (tertiary/aromatic N) is 2. The minimum Gasteiger partial charge on any atom is -0.494 e. The first kappa shape index (κ1) is 16.4. The summed E-state index contributed by atoms with van der Waals surface area (Å²) in [4.78, 5) is 4.86. The van der Waals surface area contributed by atoms with Gasteiger partial charge in [0.2, 0.25) is 0 Å².